The van der Waals surface area contributed by atoms with Crippen LogP contribution in [0.1, 0.15) is 53.4 Å². The van der Waals surface area contributed by atoms with E-state index < -0.39 is 0 Å². The van der Waals surface area contributed by atoms with Crippen molar-refractivity contribution in [3.05, 3.63) is 10.4 Å². The summed E-state index contributed by atoms with van der Waals surface area (Å²) in [7, 11) is 0. The molecule has 0 aliphatic carbocycles. The summed E-state index contributed by atoms with van der Waals surface area (Å²) in [6.45, 7) is 8.82. The fourth-order valence-electron chi connectivity index (χ4n) is 1.49. The topological polar surface area (TPSA) is 58.0 Å². The minimum Gasteiger partial charge on any atom is -0.360 e. The standard InChI is InChI=1S/C14H25N3O/c1-12(2)8-5-6-10-14(16-17-15)18-11-7-9-13(3)4/h12-14H,5-6,8,10-11H2,1-4H3/t14-/m1/s1. The Bertz CT molecular complexity index is 309. The van der Waals surface area contributed by atoms with Crippen LogP contribution in [0.2, 0.25) is 0 Å². The molecule has 0 aromatic heterocycles. The molecular weight excluding hydrogens is 226 g/mol. The van der Waals surface area contributed by atoms with Crippen LogP contribution < -0.4 is 0 Å². The number of unbranched alkanes of at least 4 members (excludes halogenated alkanes) is 1. The largest absolute Gasteiger partial charge is 0.360 e. The number of hydrogen-bond donors (Lipinski definition) is 0. The average Bonchev–Trinajstić information content (AvgIpc) is 2.29. The SMILES string of the molecule is CC(C)C#CCO[C@H](CCCCC(C)C)N=[N+]=[N-]. The van der Waals surface area contributed by atoms with Gasteiger partial charge in [0.1, 0.15) is 12.8 Å². The van der Waals surface area contributed by atoms with Crippen LogP contribution in [-0.2, 0) is 4.74 Å². The summed E-state index contributed by atoms with van der Waals surface area (Å²) < 4.78 is 5.45. The van der Waals surface area contributed by atoms with E-state index in [0.717, 1.165) is 25.2 Å². The van der Waals surface area contributed by atoms with Gasteiger partial charge in [-0.3, -0.25) is 0 Å². The summed E-state index contributed by atoms with van der Waals surface area (Å²) in [6.07, 6.45) is 3.79. The summed E-state index contributed by atoms with van der Waals surface area (Å²) >= 11 is 0. The molecule has 0 heterocycles. The van der Waals surface area contributed by atoms with Gasteiger partial charge in [-0.05, 0) is 17.9 Å². The number of ether oxygens (including phenoxy) is 1. The van der Waals surface area contributed by atoms with Gasteiger partial charge < -0.3 is 4.74 Å². The van der Waals surface area contributed by atoms with E-state index >= 15 is 0 Å². The molecule has 0 aromatic rings. The van der Waals surface area contributed by atoms with Crippen LogP contribution in [0, 0.1) is 23.7 Å². The molecule has 0 saturated heterocycles. The van der Waals surface area contributed by atoms with Crippen LogP contribution in [0.3, 0.4) is 0 Å². The zero-order valence-corrected chi connectivity index (χ0v) is 12.0. The van der Waals surface area contributed by atoms with Crippen LogP contribution in [0.5, 0.6) is 0 Å². The Kier molecular flexibility index (Phi) is 10.2. The molecule has 0 N–H and O–H groups in total. The van der Waals surface area contributed by atoms with E-state index in [1.165, 1.54) is 6.42 Å². The molecule has 4 nitrogen and oxygen atoms in total. The third-order valence-electron chi connectivity index (χ3n) is 2.40. The van der Waals surface area contributed by atoms with Gasteiger partial charge in [0.2, 0.25) is 0 Å². The van der Waals surface area contributed by atoms with E-state index in [1.54, 1.807) is 0 Å². The van der Waals surface area contributed by atoms with Crippen molar-refractivity contribution in [2.24, 2.45) is 17.0 Å². The van der Waals surface area contributed by atoms with Gasteiger partial charge in [-0.2, -0.15) is 0 Å². The van der Waals surface area contributed by atoms with Crippen molar-refractivity contribution in [1.29, 1.82) is 0 Å². The number of nitrogens with zero attached hydrogens (tertiary/aromatic N) is 3. The van der Waals surface area contributed by atoms with Crippen LogP contribution in [-0.4, -0.2) is 12.8 Å². The zero-order valence-electron chi connectivity index (χ0n) is 12.0. The van der Waals surface area contributed by atoms with Crippen molar-refractivity contribution < 1.29 is 4.74 Å². The second-order valence-electron chi connectivity index (χ2n) is 5.12. The molecule has 0 spiro atoms. The van der Waals surface area contributed by atoms with Gasteiger partial charge >= 0.3 is 0 Å². The van der Waals surface area contributed by atoms with Crippen LogP contribution in [0.15, 0.2) is 5.11 Å². The van der Waals surface area contributed by atoms with Gasteiger partial charge in [0.15, 0.2) is 0 Å². The third kappa shape index (κ3) is 11.3. The maximum atomic E-state index is 8.47. The van der Waals surface area contributed by atoms with Gasteiger partial charge in [-0.1, -0.05) is 63.9 Å². The van der Waals surface area contributed by atoms with Gasteiger partial charge in [0, 0.05) is 10.8 Å². The lowest BCUT2D eigenvalue weighted by molar-refractivity contribution is 0.0743. The monoisotopic (exact) mass is 251 g/mol. The summed E-state index contributed by atoms with van der Waals surface area (Å²) in [4.78, 5) is 2.82. The number of azide groups is 1. The molecule has 102 valence electrons. The highest BCUT2D eigenvalue weighted by Crippen LogP contribution is 2.12. The molecule has 0 unspecified atom stereocenters. The van der Waals surface area contributed by atoms with E-state index in [4.69, 9.17) is 10.3 Å². The zero-order chi connectivity index (χ0) is 13.8. The summed E-state index contributed by atoms with van der Waals surface area (Å²) in [5, 5.41) is 3.65. The lowest BCUT2D eigenvalue weighted by Gasteiger charge is -2.10. The van der Waals surface area contributed by atoms with Gasteiger partial charge in [0.25, 0.3) is 0 Å². The van der Waals surface area contributed by atoms with E-state index in [-0.39, 0.29) is 6.23 Å². The first-order chi connectivity index (χ1) is 8.56. The Morgan fingerprint density at radius 3 is 2.39 bits per heavy atom. The molecule has 18 heavy (non-hydrogen) atoms. The first-order valence-electron chi connectivity index (χ1n) is 6.70. The van der Waals surface area contributed by atoms with Crippen molar-refractivity contribution in [2.75, 3.05) is 6.61 Å². The Morgan fingerprint density at radius 1 is 1.17 bits per heavy atom. The predicted molar refractivity (Wildman–Crippen MR) is 74.8 cm³/mol. The number of rotatable bonds is 8. The fourth-order valence-corrected chi connectivity index (χ4v) is 1.49. The molecule has 0 saturated carbocycles. The van der Waals surface area contributed by atoms with Gasteiger partial charge in [-0.25, -0.2) is 0 Å². The normalized spacial score (nSPS) is 11.9. The highest BCUT2D eigenvalue weighted by Gasteiger charge is 2.05. The van der Waals surface area contributed by atoms with Crippen LogP contribution in [0.25, 0.3) is 10.4 Å². The van der Waals surface area contributed by atoms with E-state index in [9.17, 15) is 0 Å². The van der Waals surface area contributed by atoms with Crippen molar-refractivity contribution >= 4 is 0 Å². The summed E-state index contributed by atoms with van der Waals surface area (Å²) in [5.74, 6) is 7.01. The lowest BCUT2D eigenvalue weighted by atomic mass is 10.1. The molecule has 0 aromatic carbocycles. The molecule has 0 radical (unpaired) electrons. The molecule has 0 aliphatic heterocycles. The third-order valence-corrected chi connectivity index (χ3v) is 2.40. The minimum absolute atomic E-state index is 0.339. The molecular formula is C14H25N3O. The molecule has 0 bridgehead atoms. The van der Waals surface area contributed by atoms with Crippen LogP contribution in [0.4, 0.5) is 0 Å². The molecule has 4 heteroatoms. The first-order valence-corrected chi connectivity index (χ1v) is 6.70. The average molecular weight is 251 g/mol. The smallest absolute Gasteiger partial charge is 0.137 e. The van der Waals surface area contributed by atoms with Gasteiger partial charge in [0.05, 0.1) is 0 Å². The Morgan fingerprint density at radius 2 is 1.83 bits per heavy atom. The minimum atomic E-state index is -0.372. The number of hydrogen-bond acceptors (Lipinski definition) is 2. The Balaban J connectivity index is 3.86. The van der Waals surface area contributed by atoms with Crippen molar-refractivity contribution in [1.82, 2.24) is 0 Å². The first kappa shape index (κ1) is 16.8. The second kappa shape index (κ2) is 11.0. The second-order valence-corrected chi connectivity index (χ2v) is 5.12. The van der Waals surface area contributed by atoms with Gasteiger partial charge in [-0.15, -0.1) is 0 Å². The van der Waals surface area contributed by atoms with E-state index in [2.05, 4.69) is 35.7 Å². The maximum absolute atomic E-state index is 8.47. The summed E-state index contributed by atoms with van der Waals surface area (Å²) in [5.41, 5.74) is 8.47. The molecule has 0 amide bonds. The maximum Gasteiger partial charge on any atom is 0.137 e. The van der Waals surface area contributed by atoms with Crippen molar-refractivity contribution in [3.63, 3.8) is 0 Å². The summed E-state index contributed by atoms with van der Waals surface area (Å²) in [6, 6.07) is 0. The highest BCUT2D eigenvalue weighted by molar-refractivity contribution is 5.01. The highest BCUT2D eigenvalue weighted by atomic mass is 16.5. The molecule has 0 rings (SSSR count). The van der Waals surface area contributed by atoms with E-state index in [1.807, 2.05) is 13.8 Å². The Hall–Kier alpha value is -1.17. The Labute approximate surface area is 111 Å². The fraction of sp³-hybridized carbons (Fsp3) is 0.857. The lowest BCUT2D eigenvalue weighted by Crippen LogP contribution is -2.09. The molecule has 1 atom stereocenters. The van der Waals surface area contributed by atoms with E-state index in [0.29, 0.717) is 12.5 Å². The molecule has 0 fully saturated rings. The van der Waals surface area contributed by atoms with Crippen molar-refractivity contribution in [3.8, 4) is 11.8 Å². The predicted octanol–water partition coefficient (Wildman–Crippen LogP) is 4.52. The quantitative estimate of drug-likeness (QED) is 0.206. The molecule has 0 aliphatic rings. The van der Waals surface area contributed by atoms with Crippen LogP contribution >= 0.6 is 0 Å². The van der Waals surface area contributed by atoms with Crippen molar-refractivity contribution in [2.45, 2.75) is 59.6 Å².